The number of hydrogen-bond acceptors (Lipinski definition) is 6. The standard InChI is InChI=1S/C28H24BrClN2O6/c1-14-3-7-17(12-20(14)30)32-25(34)22-23(26(32)35)28(27(36)37,13-15-4-8-18(33)9-5-15)31-24(22)19-11-16(29)6-10-21(19)38-2/h3-12,22-24,31,33H,13H2,1-2H3,(H,36,37). The number of nitrogens with one attached hydrogen (secondary N) is 1. The van der Waals surface area contributed by atoms with Crippen molar-refractivity contribution in [3.63, 3.8) is 0 Å². The molecule has 4 atom stereocenters. The number of aromatic hydroxyl groups is 1. The Bertz CT molecular complexity index is 1460. The van der Waals surface area contributed by atoms with Gasteiger partial charge in [0.15, 0.2) is 0 Å². The average molecular weight is 600 g/mol. The van der Waals surface area contributed by atoms with Crippen molar-refractivity contribution in [3.8, 4) is 11.5 Å². The van der Waals surface area contributed by atoms with Gasteiger partial charge in [0, 0.05) is 27.5 Å². The van der Waals surface area contributed by atoms with Crippen molar-refractivity contribution < 1.29 is 29.3 Å². The topological polar surface area (TPSA) is 116 Å². The highest BCUT2D eigenvalue weighted by molar-refractivity contribution is 9.10. The monoisotopic (exact) mass is 598 g/mol. The predicted molar refractivity (Wildman–Crippen MR) is 144 cm³/mol. The van der Waals surface area contributed by atoms with E-state index in [4.69, 9.17) is 16.3 Å². The fourth-order valence-electron chi connectivity index (χ4n) is 5.56. The van der Waals surface area contributed by atoms with Crippen molar-refractivity contribution in [1.82, 2.24) is 5.32 Å². The summed E-state index contributed by atoms with van der Waals surface area (Å²) in [6.45, 7) is 1.81. The molecule has 2 heterocycles. The van der Waals surface area contributed by atoms with Crippen LogP contribution in [0.4, 0.5) is 5.69 Å². The van der Waals surface area contributed by atoms with E-state index in [1.807, 2.05) is 0 Å². The van der Waals surface area contributed by atoms with Gasteiger partial charge in [0.05, 0.1) is 24.6 Å². The van der Waals surface area contributed by atoms with Crippen LogP contribution in [0.5, 0.6) is 11.5 Å². The first kappa shape index (κ1) is 26.2. The van der Waals surface area contributed by atoms with E-state index in [1.165, 1.54) is 25.3 Å². The first-order chi connectivity index (χ1) is 18.1. The number of hydrogen-bond donors (Lipinski definition) is 3. The van der Waals surface area contributed by atoms with Gasteiger partial charge in [-0.2, -0.15) is 0 Å². The normalized spacial score (nSPS) is 24.5. The van der Waals surface area contributed by atoms with Crippen LogP contribution in [0.25, 0.3) is 0 Å². The van der Waals surface area contributed by atoms with Crippen molar-refractivity contribution in [2.45, 2.75) is 24.9 Å². The minimum absolute atomic E-state index is 0.0293. The number of methoxy groups -OCH3 is 1. The summed E-state index contributed by atoms with van der Waals surface area (Å²) in [6.07, 6.45) is -0.0991. The van der Waals surface area contributed by atoms with Gasteiger partial charge < -0.3 is 14.9 Å². The van der Waals surface area contributed by atoms with Crippen molar-refractivity contribution in [2.75, 3.05) is 12.0 Å². The Hall–Kier alpha value is -3.40. The molecule has 3 N–H and O–H groups in total. The van der Waals surface area contributed by atoms with Gasteiger partial charge >= 0.3 is 5.97 Å². The zero-order valence-electron chi connectivity index (χ0n) is 20.4. The molecule has 2 aliphatic heterocycles. The summed E-state index contributed by atoms with van der Waals surface area (Å²) in [5.74, 6) is -4.18. The molecule has 0 bridgehead atoms. The molecule has 2 aliphatic rings. The predicted octanol–water partition coefficient (Wildman–Crippen LogP) is 4.64. The van der Waals surface area contributed by atoms with E-state index in [1.54, 1.807) is 49.4 Å². The number of carboxylic acids is 1. The fraction of sp³-hybridized carbons (Fsp3) is 0.250. The summed E-state index contributed by atoms with van der Waals surface area (Å²) in [6, 6.07) is 15.4. The third kappa shape index (κ3) is 4.15. The second-order valence-electron chi connectivity index (χ2n) is 9.58. The van der Waals surface area contributed by atoms with Crippen LogP contribution in [0.15, 0.2) is 65.1 Å². The molecule has 0 spiro atoms. The number of benzene rings is 3. The molecule has 2 amide bonds. The Morgan fingerprint density at radius 3 is 2.45 bits per heavy atom. The Kier molecular flexibility index (Phi) is 6.71. The molecule has 0 radical (unpaired) electrons. The number of aliphatic carboxylic acids is 1. The molecule has 3 aromatic rings. The molecule has 10 heteroatoms. The zero-order valence-corrected chi connectivity index (χ0v) is 22.8. The van der Waals surface area contributed by atoms with Crippen LogP contribution >= 0.6 is 27.5 Å². The SMILES string of the molecule is COc1ccc(Br)cc1C1NC(Cc2ccc(O)cc2)(C(=O)O)C2C(=O)N(c3ccc(C)c(Cl)c3)C(=O)C12. The van der Waals surface area contributed by atoms with Crippen LogP contribution in [0, 0.1) is 18.8 Å². The highest BCUT2D eigenvalue weighted by atomic mass is 79.9. The Balaban J connectivity index is 1.69. The van der Waals surface area contributed by atoms with Crippen LogP contribution in [-0.2, 0) is 20.8 Å². The number of anilines is 1. The third-order valence-electron chi connectivity index (χ3n) is 7.40. The van der Waals surface area contributed by atoms with E-state index in [0.29, 0.717) is 26.4 Å². The number of amides is 2. The van der Waals surface area contributed by atoms with Crippen LogP contribution < -0.4 is 15.0 Å². The fourth-order valence-corrected chi connectivity index (χ4v) is 6.12. The van der Waals surface area contributed by atoms with Gasteiger partial charge in [0.1, 0.15) is 17.0 Å². The summed E-state index contributed by atoms with van der Waals surface area (Å²) >= 11 is 9.77. The minimum Gasteiger partial charge on any atom is -0.508 e. The molecule has 5 rings (SSSR count). The van der Waals surface area contributed by atoms with Crippen molar-refractivity contribution >= 4 is 51.0 Å². The summed E-state index contributed by atoms with van der Waals surface area (Å²) in [5, 5.41) is 24.0. The highest BCUT2D eigenvalue weighted by Crippen LogP contribution is 2.52. The van der Waals surface area contributed by atoms with Crippen LogP contribution in [0.3, 0.4) is 0 Å². The first-order valence-corrected chi connectivity index (χ1v) is 13.0. The summed E-state index contributed by atoms with van der Waals surface area (Å²) in [4.78, 5) is 42.2. The lowest BCUT2D eigenvalue weighted by molar-refractivity contribution is -0.148. The van der Waals surface area contributed by atoms with Gasteiger partial charge in [-0.3, -0.25) is 19.7 Å². The molecular formula is C28H24BrClN2O6. The summed E-state index contributed by atoms with van der Waals surface area (Å²) in [7, 11) is 1.49. The van der Waals surface area contributed by atoms with Gasteiger partial charge in [-0.05, 0) is 60.5 Å². The number of phenolic OH excluding ortho intramolecular Hbond substituents is 1. The van der Waals surface area contributed by atoms with E-state index < -0.39 is 41.2 Å². The average Bonchev–Trinajstić information content (AvgIpc) is 3.36. The second-order valence-corrected chi connectivity index (χ2v) is 10.9. The van der Waals surface area contributed by atoms with Gasteiger partial charge in [0.25, 0.3) is 0 Å². The number of carboxylic acid groups (broad SMARTS) is 1. The third-order valence-corrected chi connectivity index (χ3v) is 8.30. The van der Waals surface area contributed by atoms with E-state index in [2.05, 4.69) is 21.2 Å². The number of imide groups is 1. The summed E-state index contributed by atoms with van der Waals surface area (Å²) < 4.78 is 6.27. The molecule has 0 aromatic heterocycles. The molecule has 8 nitrogen and oxygen atoms in total. The number of halogens is 2. The molecule has 4 unspecified atom stereocenters. The number of aryl methyl sites for hydroxylation is 1. The maximum Gasteiger partial charge on any atom is 0.325 e. The Labute approximate surface area is 232 Å². The largest absolute Gasteiger partial charge is 0.508 e. The lowest BCUT2D eigenvalue weighted by atomic mass is 9.76. The Morgan fingerprint density at radius 2 is 1.82 bits per heavy atom. The number of ether oxygens (including phenoxy) is 1. The molecule has 196 valence electrons. The highest BCUT2D eigenvalue weighted by Gasteiger charge is 2.69. The van der Waals surface area contributed by atoms with E-state index in [-0.39, 0.29) is 17.9 Å². The maximum atomic E-state index is 14.0. The number of nitrogens with zero attached hydrogens (tertiary/aromatic N) is 1. The van der Waals surface area contributed by atoms with Gasteiger partial charge in [0.2, 0.25) is 11.8 Å². The quantitative estimate of drug-likeness (QED) is 0.354. The lowest BCUT2D eigenvalue weighted by Crippen LogP contribution is -2.57. The van der Waals surface area contributed by atoms with Crippen molar-refractivity contribution in [1.29, 1.82) is 0 Å². The van der Waals surface area contributed by atoms with Gasteiger partial charge in [-0.15, -0.1) is 0 Å². The first-order valence-electron chi connectivity index (χ1n) is 11.8. The smallest absolute Gasteiger partial charge is 0.325 e. The number of carbonyl (C=O) groups is 3. The van der Waals surface area contributed by atoms with Crippen molar-refractivity contribution in [2.24, 2.45) is 11.8 Å². The zero-order chi connectivity index (χ0) is 27.4. The number of fused-ring (bicyclic) bond motifs is 1. The second kappa shape index (κ2) is 9.72. The molecule has 2 fully saturated rings. The molecule has 38 heavy (non-hydrogen) atoms. The van der Waals surface area contributed by atoms with E-state index in [9.17, 15) is 24.6 Å². The minimum atomic E-state index is -1.82. The number of rotatable bonds is 6. The maximum absolute atomic E-state index is 14.0. The summed E-state index contributed by atoms with van der Waals surface area (Å²) in [5.41, 5.74) is 0.371. The molecule has 2 saturated heterocycles. The van der Waals surface area contributed by atoms with Crippen LogP contribution in [-0.4, -0.2) is 40.6 Å². The lowest BCUT2D eigenvalue weighted by Gasteiger charge is -2.31. The Morgan fingerprint density at radius 1 is 1.11 bits per heavy atom. The van der Waals surface area contributed by atoms with E-state index >= 15 is 0 Å². The number of phenols is 1. The van der Waals surface area contributed by atoms with Gasteiger partial charge in [-0.1, -0.05) is 45.7 Å². The van der Waals surface area contributed by atoms with Gasteiger partial charge in [-0.25, -0.2) is 4.90 Å². The molecule has 3 aromatic carbocycles. The number of carbonyl (C=O) groups excluding carboxylic acids is 2. The molecule has 0 saturated carbocycles. The molecular weight excluding hydrogens is 576 g/mol. The van der Waals surface area contributed by atoms with Crippen molar-refractivity contribution in [3.05, 3.63) is 86.8 Å². The molecule has 0 aliphatic carbocycles. The van der Waals surface area contributed by atoms with E-state index in [0.717, 1.165) is 10.5 Å². The van der Waals surface area contributed by atoms with Crippen LogP contribution in [0.1, 0.15) is 22.7 Å². The van der Waals surface area contributed by atoms with Crippen LogP contribution in [0.2, 0.25) is 5.02 Å².